The van der Waals surface area contributed by atoms with E-state index >= 15 is 0 Å². The predicted octanol–water partition coefficient (Wildman–Crippen LogP) is 5.67. The number of hydrogen-bond acceptors (Lipinski definition) is 3. The molecule has 1 atom stereocenters. The van der Waals surface area contributed by atoms with Crippen LogP contribution in [0.4, 0.5) is 0 Å². The third-order valence-corrected chi connectivity index (χ3v) is 5.01. The van der Waals surface area contributed by atoms with Gasteiger partial charge in [-0.3, -0.25) is 4.79 Å². The molecule has 1 rings (SSSR count). The summed E-state index contributed by atoms with van der Waals surface area (Å²) in [6, 6.07) is -1.01. The second-order valence-corrected chi connectivity index (χ2v) is 7.85. The number of carboxylic acids is 1. The minimum Gasteiger partial charge on any atom is -0.480 e. The topological polar surface area (TPSA) is 95.1 Å². The maximum absolute atomic E-state index is 11.9. The number of carboxylic acid groups (broad SMARTS) is 1. The molecule has 0 radical (unpaired) electrons. The van der Waals surface area contributed by atoms with E-state index in [2.05, 4.69) is 28.3 Å². The summed E-state index contributed by atoms with van der Waals surface area (Å²) in [6.45, 7) is 2.25. The van der Waals surface area contributed by atoms with E-state index in [1.165, 1.54) is 76.4 Å². The molecular formula is C26H39N3O3. The number of aromatic nitrogens is 2. The number of imidazole rings is 1. The minimum atomic E-state index is -1.09. The Morgan fingerprint density at radius 3 is 2.22 bits per heavy atom. The molecule has 6 nitrogen and oxygen atoms in total. The van der Waals surface area contributed by atoms with Gasteiger partial charge >= 0.3 is 5.97 Å². The van der Waals surface area contributed by atoms with Gasteiger partial charge in [-0.1, -0.05) is 101 Å². The van der Waals surface area contributed by atoms with Gasteiger partial charge in [-0.25, -0.2) is 9.78 Å². The van der Waals surface area contributed by atoms with Gasteiger partial charge in [0.05, 0.1) is 6.33 Å². The van der Waals surface area contributed by atoms with Crippen molar-refractivity contribution in [1.82, 2.24) is 15.3 Å². The van der Waals surface area contributed by atoms with Crippen LogP contribution in [0.25, 0.3) is 0 Å². The molecule has 0 aliphatic carbocycles. The number of nitrogens with one attached hydrogen (secondary N) is 2. The summed E-state index contributed by atoms with van der Waals surface area (Å²) in [5.41, 5.74) is 0.651. The van der Waals surface area contributed by atoms with Gasteiger partial charge in [0.15, 0.2) is 0 Å². The zero-order valence-electron chi connectivity index (χ0n) is 19.3. The summed E-state index contributed by atoms with van der Waals surface area (Å²) >= 11 is 0. The summed E-state index contributed by atoms with van der Waals surface area (Å²) in [5.74, 6) is -1.54. The first-order valence-corrected chi connectivity index (χ1v) is 11.8. The highest BCUT2D eigenvalue weighted by Gasteiger charge is 2.19. The van der Waals surface area contributed by atoms with Gasteiger partial charge in [-0.05, 0) is 12.8 Å². The van der Waals surface area contributed by atoms with Crippen molar-refractivity contribution in [3.05, 3.63) is 66.8 Å². The average Bonchev–Trinajstić information content (AvgIpc) is 3.28. The SMILES string of the molecule is CCCCCCCCCCC\C=C/C=C/C=C\C=C\C(=O)NC(Cc1cnc[nH]1)C(=O)O. The van der Waals surface area contributed by atoms with Crippen LogP contribution in [-0.2, 0) is 16.0 Å². The quantitative estimate of drug-likeness (QED) is 0.155. The molecule has 0 spiro atoms. The number of rotatable bonds is 18. The number of carbonyl (C=O) groups is 2. The van der Waals surface area contributed by atoms with Gasteiger partial charge in [0.1, 0.15) is 6.04 Å². The first kappa shape index (κ1) is 27.1. The minimum absolute atomic E-state index is 0.152. The summed E-state index contributed by atoms with van der Waals surface area (Å²) in [7, 11) is 0. The Morgan fingerprint density at radius 2 is 1.59 bits per heavy atom. The number of hydrogen-bond donors (Lipinski definition) is 3. The van der Waals surface area contributed by atoms with E-state index in [1.807, 2.05) is 24.3 Å². The van der Waals surface area contributed by atoms with E-state index in [0.29, 0.717) is 5.69 Å². The Morgan fingerprint density at radius 1 is 0.969 bits per heavy atom. The van der Waals surface area contributed by atoms with E-state index in [1.54, 1.807) is 12.2 Å². The van der Waals surface area contributed by atoms with Crippen LogP contribution in [0, 0.1) is 0 Å². The maximum atomic E-state index is 11.9. The number of carbonyl (C=O) groups excluding carboxylic acids is 1. The lowest BCUT2D eigenvalue weighted by Crippen LogP contribution is -2.41. The number of amides is 1. The van der Waals surface area contributed by atoms with Crippen LogP contribution >= 0.6 is 0 Å². The molecule has 32 heavy (non-hydrogen) atoms. The average molecular weight is 442 g/mol. The lowest BCUT2D eigenvalue weighted by molar-refractivity contribution is -0.141. The van der Waals surface area contributed by atoms with Crippen molar-refractivity contribution in [2.45, 2.75) is 83.6 Å². The molecule has 1 amide bonds. The standard InChI is InChI=1S/C26H39N3O3/c1-2-3-4-5-6-7-8-9-10-11-12-13-14-15-16-17-18-19-25(30)29-24(26(31)32)20-23-21-27-22-28-23/h12-19,21-22,24H,2-11,20H2,1H3,(H,27,28)(H,29,30)(H,31,32)/b13-12-,15-14+,17-16-,19-18+. The largest absolute Gasteiger partial charge is 0.480 e. The summed E-state index contributed by atoms with van der Waals surface area (Å²) in [6.07, 6.45) is 30.9. The lowest BCUT2D eigenvalue weighted by atomic mass is 10.1. The van der Waals surface area contributed by atoms with Crippen LogP contribution in [-0.4, -0.2) is 33.0 Å². The molecule has 0 aliphatic heterocycles. The zero-order valence-corrected chi connectivity index (χ0v) is 19.3. The van der Waals surface area contributed by atoms with Crippen molar-refractivity contribution in [2.75, 3.05) is 0 Å². The van der Waals surface area contributed by atoms with E-state index < -0.39 is 17.9 Å². The van der Waals surface area contributed by atoms with Crippen LogP contribution in [0.2, 0.25) is 0 Å². The molecule has 176 valence electrons. The second kappa shape index (κ2) is 18.8. The van der Waals surface area contributed by atoms with Crippen molar-refractivity contribution in [3.63, 3.8) is 0 Å². The Hall–Kier alpha value is -2.89. The summed E-state index contributed by atoms with van der Waals surface area (Å²) in [4.78, 5) is 29.9. The van der Waals surface area contributed by atoms with Gasteiger partial charge in [0.2, 0.25) is 5.91 Å². The van der Waals surface area contributed by atoms with Gasteiger partial charge in [-0.15, -0.1) is 0 Å². The number of H-pyrrole nitrogens is 1. The van der Waals surface area contributed by atoms with Crippen LogP contribution in [0.1, 0.15) is 76.8 Å². The molecule has 1 aromatic heterocycles. The molecule has 0 bridgehead atoms. The molecule has 1 heterocycles. The van der Waals surface area contributed by atoms with E-state index in [0.717, 1.165) is 6.42 Å². The lowest BCUT2D eigenvalue weighted by Gasteiger charge is -2.11. The second-order valence-electron chi connectivity index (χ2n) is 7.85. The number of unbranched alkanes of at least 4 members (excludes halogenated alkanes) is 9. The third kappa shape index (κ3) is 15.0. The van der Waals surface area contributed by atoms with Gasteiger partial charge < -0.3 is 15.4 Å². The first-order valence-electron chi connectivity index (χ1n) is 11.8. The van der Waals surface area contributed by atoms with Crippen molar-refractivity contribution >= 4 is 11.9 Å². The fraction of sp³-hybridized carbons (Fsp3) is 0.500. The smallest absolute Gasteiger partial charge is 0.326 e. The van der Waals surface area contributed by atoms with E-state index in [4.69, 9.17) is 0 Å². The number of nitrogens with zero attached hydrogens (tertiary/aromatic N) is 1. The van der Waals surface area contributed by atoms with Crippen molar-refractivity contribution in [1.29, 1.82) is 0 Å². The molecule has 1 unspecified atom stereocenters. The number of aliphatic carboxylic acids is 1. The van der Waals surface area contributed by atoms with Gasteiger partial charge in [0, 0.05) is 24.4 Å². The maximum Gasteiger partial charge on any atom is 0.326 e. The normalized spacial score (nSPS) is 13.0. The fourth-order valence-corrected chi connectivity index (χ4v) is 3.18. The highest BCUT2D eigenvalue weighted by molar-refractivity contribution is 5.91. The van der Waals surface area contributed by atoms with Crippen molar-refractivity contribution in [2.24, 2.45) is 0 Å². The molecule has 3 N–H and O–H groups in total. The van der Waals surface area contributed by atoms with Crippen LogP contribution < -0.4 is 5.32 Å². The fourth-order valence-electron chi connectivity index (χ4n) is 3.18. The molecule has 0 saturated heterocycles. The molecule has 0 aromatic carbocycles. The zero-order chi connectivity index (χ0) is 23.3. The number of aromatic amines is 1. The van der Waals surface area contributed by atoms with Crippen LogP contribution in [0.15, 0.2) is 61.1 Å². The van der Waals surface area contributed by atoms with Gasteiger partial charge in [-0.2, -0.15) is 0 Å². The van der Waals surface area contributed by atoms with Crippen molar-refractivity contribution < 1.29 is 14.7 Å². The Labute approximate surface area is 192 Å². The summed E-state index contributed by atoms with van der Waals surface area (Å²) in [5, 5.41) is 11.7. The Balaban J connectivity index is 2.11. The number of allylic oxidation sites excluding steroid dienone is 7. The van der Waals surface area contributed by atoms with Crippen molar-refractivity contribution in [3.8, 4) is 0 Å². The predicted molar refractivity (Wildman–Crippen MR) is 130 cm³/mol. The van der Waals surface area contributed by atoms with E-state index in [-0.39, 0.29) is 6.42 Å². The highest BCUT2D eigenvalue weighted by atomic mass is 16.4. The molecule has 6 heteroatoms. The third-order valence-electron chi connectivity index (χ3n) is 5.01. The molecule has 0 fully saturated rings. The molecule has 0 aliphatic rings. The van der Waals surface area contributed by atoms with Gasteiger partial charge in [0.25, 0.3) is 0 Å². The molecule has 1 aromatic rings. The molecule has 0 saturated carbocycles. The van der Waals surface area contributed by atoms with E-state index in [9.17, 15) is 14.7 Å². The molecular weight excluding hydrogens is 402 g/mol. The highest BCUT2D eigenvalue weighted by Crippen LogP contribution is 2.10. The Bertz CT molecular complexity index is 734. The van der Waals surface area contributed by atoms with Crippen LogP contribution in [0.5, 0.6) is 0 Å². The Kier molecular flexibility index (Phi) is 16.0. The summed E-state index contributed by atoms with van der Waals surface area (Å²) < 4.78 is 0. The monoisotopic (exact) mass is 441 g/mol. The van der Waals surface area contributed by atoms with Crippen LogP contribution in [0.3, 0.4) is 0 Å². The first-order chi connectivity index (χ1) is 15.6.